The predicted molar refractivity (Wildman–Crippen MR) is 86.6 cm³/mol. The summed E-state index contributed by atoms with van der Waals surface area (Å²) in [6, 6.07) is 8.95. The molecule has 1 amide bonds. The number of benzene rings is 2. The van der Waals surface area contributed by atoms with Gasteiger partial charge in [0.15, 0.2) is 0 Å². The molecule has 0 bridgehead atoms. The molecule has 21 heavy (non-hydrogen) atoms. The zero-order valence-electron chi connectivity index (χ0n) is 10.7. The molecule has 0 aliphatic carbocycles. The van der Waals surface area contributed by atoms with Crippen LogP contribution in [0.1, 0.15) is 0 Å². The van der Waals surface area contributed by atoms with Crippen molar-refractivity contribution < 1.29 is 9.18 Å². The van der Waals surface area contributed by atoms with Crippen molar-refractivity contribution in [2.75, 3.05) is 16.8 Å². The Morgan fingerprint density at radius 3 is 2.57 bits per heavy atom. The molecule has 3 nitrogen and oxygen atoms in total. The van der Waals surface area contributed by atoms with Crippen LogP contribution in [0.3, 0.4) is 0 Å². The highest BCUT2D eigenvalue weighted by Gasteiger charge is 2.11. The second-order valence-corrected chi connectivity index (χ2v) is 5.95. The van der Waals surface area contributed by atoms with Crippen molar-refractivity contribution in [3.8, 4) is 0 Å². The zero-order valence-corrected chi connectivity index (χ0v) is 13.0. The Morgan fingerprint density at radius 2 is 1.90 bits per heavy atom. The largest absolute Gasteiger partial charge is 0.398 e. The van der Waals surface area contributed by atoms with Crippen LogP contribution in [0.2, 0.25) is 10.0 Å². The van der Waals surface area contributed by atoms with E-state index >= 15 is 0 Å². The maximum Gasteiger partial charge on any atom is 0.234 e. The molecular formula is C14H11Cl2FN2OS. The number of anilines is 2. The van der Waals surface area contributed by atoms with Crippen LogP contribution in [0.4, 0.5) is 15.8 Å². The fourth-order valence-electron chi connectivity index (χ4n) is 1.57. The van der Waals surface area contributed by atoms with Gasteiger partial charge in [-0.05, 0) is 30.3 Å². The van der Waals surface area contributed by atoms with Gasteiger partial charge >= 0.3 is 0 Å². The van der Waals surface area contributed by atoms with Crippen molar-refractivity contribution in [3.05, 3.63) is 52.3 Å². The van der Waals surface area contributed by atoms with Crippen molar-refractivity contribution in [2.45, 2.75) is 4.90 Å². The third-order valence-corrected chi connectivity index (χ3v) is 4.26. The Labute approximate surface area is 135 Å². The van der Waals surface area contributed by atoms with Crippen LogP contribution in [-0.2, 0) is 4.79 Å². The second-order valence-electron chi connectivity index (χ2n) is 4.12. The van der Waals surface area contributed by atoms with Gasteiger partial charge in [-0.3, -0.25) is 4.79 Å². The monoisotopic (exact) mass is 344 g/mol. The van der Waals surface area contributed by atoms with Gasteiger partial charge in [0, 0.05) is 10.6 Å². The molecule has 0 heterocycles. The molecule has 0 fully saturated rings. The molecule has 0 saturated carbocycles. The van der Waals surface area contributed by atoms with Crippen molar-refractivity contribution in [3.63, 3.8) is 0 Å². The highest BCUT2D eigenvalue weighted by Crippen LogP contribution is 2.30. The van der Waals surface area contributed by atoms with E-state index in [0.717, 1.165) is 11.8 Å². The lowest BCUT2D eigenvalue weighted by atomic mass is 10.3. The molecule has 0 spiro atoms. The number of amides is 1. The number of hydrogen-bond donors (Lipinski definition) is 2. The van der Waals surface area contributed by atoms with E-state index in [1.54, 1.807) is 18.2 Å². The molecule has 2 aromatic rings. The van der Waals surface area contributed by atoms with Gasteiger partial charge in [0.05, 0.1) is 21.5 Å². The molecule has 0 unspecified atom stereocenters. The first kappa shape index (κ1) is 15.9. The summed E-state index contributed by atoms with van der Waals surface area (Å²) in [5.41, 5.74) is 6.50. The standard InChI is InChI=1S/C14H11Cl2FN2OS/c15-9-2-1-3-10(16)14(9)19-13(20)7-21-12-6-8(17)4-5-11(12)18/h1-6H,7,18H2,(H,19,20). The fraction of sp³-hybridized carbons (Fsp3) is 0.0714. The van der Waals surface area contributed by atoms with Gasteiger partial charge in [-0.25, -0.2) is 4.39 Å². The van der Waals surface area contributed by atoms with Crippen molar-refractivity contribution >= 4 is 52.2 Å². The van der Waals surface area contributed by atoms with E-state index in [2.05, 4.69) is 5.32 Å². The lowest BCUT2D eigenvalue weighted by Gasteiger charge is -2.09. The molecule has 0 atom stereocenters. The average Bonchev–Trinajstić information content (AvgIpc) is 2.44. The minimum atomic E-state index is -0.402. The Bertz CT molecular complexity index is 662. The molecule has 0 saturated heterocycles. The summed E-state index contributed by atoms with van der Waals surface area (Å²) in [6.07, 6.45) is 0. The van der Waals surface area contributed by atoms with Crippen molar-refractivity contribution in [1.29, 1.82) is 0 Å². The van der Waals surface area contributed by atoms with Crippen LogP contribution in [0.25, 0.3) is 0 Å². The lowest BCUT2D eigenvalue weighted by molar-refractivity contribution is -0.113. The van der Waals surface area contributed by atoms with Crippen LogP contribution < -0.4 is 11.1 Å². The Morgan fingerprint density at radius 1 is 1.24 bits per heavy atom. The molecule has 7 heteroatoms. The topological polar surface area (TPSA) is 55.1 Å². The first-order valence-corrected chi connectivity index (χ1v) is 7.63. The number of halogens is 3. The molecular weight excluding hydrogens is 334 g/mol. The smallest absolute Gasteiger partial charge is 0.234 e. The third kappa shape index (κ3) is 4.27. The quantitative estimate of drug-likeness (QED) is 0.636. The van der Waals surface area contributed by atoms with Crippen LogP contribution in [0.5, 0.6) is 0 Å². The normalized spacial score (nSPS) is 10.4. The summed E-state index contributed by atoms with van der Waals surface area (Å²) in [6.45, 7) is 0. The molecule has 0 radical (unpaired) electrons. The summed E-state index contributed by atoms with van der Waals surface area (Å²) >= 11 is 13.1. The Kier molecular flexibility index (Phi) is 5.33. The summed E-state index contributed by atoms with van der Waals surface area (Å²) in [5.74, 6) is -0.644. The second kappa shape index (κ2) is 7.02. The number of nitrogens with one attached hydrogen (secondary N) is 1. The summed E-state index contributed by atoms with van der Waals surface area (Å²) in [7, 11) is 0. The van der Waals surface area contributed by atoms with Crippen molar-refractivity contribution in [2.24, 2.45) is 0 Å². The number of rotatable bonds is 4. The minimum absolute atomic E-state index is 0.0647. The molecule has 110 valence electrons. The van der Waals surface area contributed by atoms with E-state index in [-0.39, 0.29) is 11.7 Å². The summed E-state index contributed by atoms with van der Waals surface area (Å²) in [4.78, 5) is 12.4. The van der Waals surface area contributed by atoms with Crippen molar-refractivity contribution in [1.82, 2.24) is 0 Å². The lowest BCUT2D eigenvalue weighted by Crippen LogP contribution is -2.14. The van der Waals surface area contributed by atoms with Gasteiger partial charge in [-0.2, -0.15) is 0 Å². The highest BCUT2D eigenvalue weighted by molar-refractivity contribution is 8.00. The van der Waals surface area contributed by atoms with E-state index in [4.69, 9.17) is 28.9 Å². The van der Waals surface area contributed by atoms with Gasteiger partial charge in [-0.15, -0.1) is 11.8 Å². The number of carbonyl (C=O) groups is 1. The Balaban J connectivity index is 2.01. The maximum absolute atomic E-state index is 13.1. The van der Waals surface area contributed by atoms with Crippen LogP contribution in [-0.4, -0.2) is 11.7 Å². The Hall–Kier alpha value is -1.43. The van der Waals surface area contributed by atoms with E-state index in [1.165, 1.54) is 18.2 Å². The molecule has 2 rings (SSSR count). The SMILES string of the molecule is Nc1ccc(F)cc1SCC(=O)Nc1c(Cl)cccc1Cl. The van der Waals surface area contributed by atoms with E-state index < -0.39 is 5.82 Å². The van der Waals surface area contributed by atoms with Crippen LogP contribution in [0.15, 0.2) is 41.3 Å². The van der Waals surface area contributed by atoms with Gasteiger partial charge in [0.2, 0.25) is 5.91 Å². The first-order chi connectivity index (χ1) is 9.97. The van der Waals surface area contributed by atoms with Gasteiger partial charge < -0.3 is 11.1 Å². The van der Waals surface area contributed by atoms with Crippen LogP contribution >= 0.6 is 35.0 Å². The summed E-state index contributed by atoms with van der Waals surface area (Å²) < 4.78 is 13.1. The highest BCUT2D eigenvalue weighted by atomic mass is 35.5. The van der Waals surface area contributed by atoms with Gasteiger partial charge in [-0.1, -0.05) is 29.3 Å². The third-order valence-electron chi connectivity index (χ3n) is 2.56. The van der Waals surface area contributed by atoms with E-state index in [9.17, 15) is 9.18 Å². The average molecular weight is 345 g/mol. The number of nitrogens with two attached hydrogens (primary N) is 1. The first-order valence-electron chi connectivity index (χ1n) is 5.89. The fourth-order valence-corrected chi connectivity index (χ4v) is 2.85. The predicted octanol–water partition coefficient (Wildman–Crippen LogP) is 4.45. The number of nitrogen functional groups attached to an aromatic ring is 1. The summed E-state index contributed by atoms with van der Waals surface area (Å²) in [5, 5.41) is 3.33. The zero-order chi connectivity index (χ0) is 15.4. The van der Waals surface area contributed by atoms with Gasteiger partial charge in [0.25, 0.3) is 0 Å². The maximum atomic E-state index is 13.1. The van der Waals surface area contributed by atoms with Gasteiger partial charge in [0.1, 0.15) is 5.82 Å². The van der Waals surface area contributed by atoms with E-state index in [1.807, 2.05) is 0 Å². The number of thioether (sulfide) groups is 1. The molecule has 2 aromatic carbocycles. The number of hydrogen-bond acceptors (Lipinski definition) is 3. The van der Waals surface area contributed by atoms with Crippen LogP contribution in [0, 0.1) is 5.82 Å². The minimum Gasteiger partial charge on any atom is -0.398 e. The van der Waals surface area contributed by atoms with E-state index in [0.29, 0.717) is 26.3 Å². The number of carbonyl (C=O) groups excluding carboxylic acids is 1. The molecule has 0 aliphatic heterocycles. The molecule has 0 aliphatic rings. The number of para-hydroxylation sites is 1. The molecule has 0 aromatic heterocycles. The molecule has 3 N–H and O–H groups in total.